The van der Waals surface area contributed by atoms with Gasteiger partial charge in [-0.1, -0.05) is 0 Å². The van der Waals surface area contributed by atoms with Crippen LogP contribution in [0.4, 0.5) is 13.2 Å². The van der Waals surface area contributed by atoms with Crippen molar-refractivity contribution >= 4 is 28.0 Å². The number of aromatic nitrogens is 5. The number of likely N-dealkylation sites (tertiary alicyclic amines) is 1. The SMILES string of the molecule is O=C(CC(F)(F)F)N1CCC(c2ncnc3nnc4[nH]ccc4c23)C1. The molecule has 0 bridgehead atoms. The minimum Gasteiger partial charge on any atom is -0.345 e. The van der Waals surface area contributed by atoms with Gasteiger partial charge >= 0.3 is 6.18 Å². The second kappa shape index (κ2) is 5.64. The molecule has 130 valence electrons. The molecule has 1 saturated heterocycles. The number of nitrogens with zero attached hydrogens (tertiary/aromatic N) is 5. The van der Waals surface area contributed by atoms with Crippen LogP contribution in [0.1, 0.15) is 24.5 Å². The predicted octanol–water partition coefficient (Wildman–Crippen LogP) is 2.17. The van der Waals surface area contributed by atoms with Crippen molar-refractivity contribution in [1.82, 2.24) is 30.0 Å². The Morgan fingerprint density at radius 2 is 2.16 bits per heavy atom. The number of hydrogen-bond donors (Lipinski definition) is 1. The maximum atomic E-state index is 12.4. The molecule has 0 radical (unpaired) electrons. The van der Waals surface area contributed by atoms with Crippen LogP contribution in [0, 0.1) is 0 Å². The largest absolute Gasteiger partial charge is 0.397 e. The summed E-state index contributed by atoms with van der Waals surface area (Å²) in [6.07, 6.45) is -2.29. The highest BCUT2D eigenvalue weighted by Gasteiger charge is 2.37. The minimum atomic E-state index is -4.50. The van der Waals surface area contributed by atoms with Crippen LogP contribution in [-0.4, -0.2) is 55.2 Å². The molecule has 10 heteroatoms. The Morgan fingerprint density at radius 1 is 1.32 bits per heavy atom. The predicted molar refractivity (Wildman–Crippen MR) is 81.6 cm³/mol. The summed E-state index contributed by atoms with van der Waals surface area (Å²) in [6.45, 7) is 0.481. The van der Waals surface area contributed by atoms with Gasteiger partial charge in [0, 0.05) is 30.6 Å². The van der Waals surface area contributed by atoms with E-state index in [0.29, 0.717) is 23.4 Å². The summed E-state index contributed by atoms with van der Waals surface area (Å²) in [5, 5.41) is 9.62. The molecule has 4 heterocycles. The Balaban J connectivity index is 1.67. The van der Waals surface area contributed by atoms with Crippen molar-refractivity contribution in [1.29, 1.82) is 0 Å². The molecule has 1 N–H and O–H groups in total. The number of carbonyl (C=O) groups excluding carboxylic acids is 1. The first-order valence-electron chi connectivity index (χ1n) is 7.71. The average molecular weight is 350 g/mol. The maximum Gasteiger partial charge on any atom is 0.397 e. The van der Waals surface area contributed by atoms with Gasteiger partial charge in [-0.25, -0.2) is 9.97 Å². The molecule has 1 unspecified atom stereocenters. The summed E-state index contributed by atoms with van der Waals surface area (Å²) in [5.41, 5.74) is 1.70. The number of halogens is 3. The molecule has 0 aromatic carbocycles. The summed E-state index contributed by atoms with van der Waals surface area (Å²) in [7, 11) is 0. The van der Waals surface area contributed by atoms with Crippen molar-refractivity contribution in [3.8, 4) is 0 Å². The zero-order valence-corrected chi connectivity index (χ0v) is 12.9. The lowest BCUT2D eigenvalue weighted by atomic mass is 10.00. The number of amides is 1. The fraction of sp³-hybridized carbons (Fsp3) is 0.400. The molecular weight excluding hydrogens is 337 g/mol. The lowest BCUT2D eigenvalue weighted by molar-refractivity contribution is -0.160. The minimum absolute atomic E-state index is 0.162. The van der Waals surface area contributed by atoms with E-state index >= 15 is 0 Å². The number of rotatable bonds is 2. The van der Waals surface area contributed by atoms with E-state index in [-0.39, 0.29) is 19.0 Å². The van der Waals surface area contributed by atoms with Gasteiger partial charge in [0.2, 0.25) is 5.91 Å². The van der Waals surface area contributed by atoms with E-state index in [1.165, 1.54) is 11.2 Å². The van der Waals surface area contributed by atoms with Gasteiger partial charge in [-0.3, -0.25) is 4.79 Å². The van der Waals surface area contributed by atoms with Gasteiger partial charge in [-0.05, 0) is 12.5 Å². The second-order valence-electron chi connectivity index (χ2n) is 6.01. The van der Waals surface area contributed by atoms with Crippen LogP contribution >= 0.6 is 0 Å². The van der Waals surface area contributed by atoms with Crippen molar-refractivity contribution in [2.24, 2.45) is 0 Å². The molecule has 1 amide bonds. The van der Waals surface area contributed by atoms with Crippen LogP contribution in [0.15, 0.2) is 18.6 Å². The average Bonchev–Trinajstić information content (AvgIpc) is 3.22. The fourth-order valence-corrected chi connectivity index (χ4v) is 3.27. The third kappa shape index (κ3) is 2.87. The number of alkyl halides is 3. The first-order valence-corrected chi connectivity index (χ1v) is 7.71. The van der Waals surface area contributed by atoms with E-state index in [4.69, 9.17) is 0 Å². The zero-order valence-electron chi connectivity index (χ0n) is 12.9. The number of H-pyrrole nitrogens is 1. The van der Waals surface area contributed by atoms with Gasteiger partial charge in [0.15, 0.2) is 11.3 Å². The van der Waals surface area contributed by atoms with Crippen molar-refractivity contribution in [3.05, 3.63) is 24.3 Å². The zero-order chi connectivity index (χ0) is 17.6. The van der Waals surface area contributed by atoms with Crippen molar-refractivity contribution in [2.45, 2.75) is 24.9 Å². The number of carbonyl (C=O) groups is 1. The molecule has 1 atom stereocenters. The molecule has 0 spiro atoms. The monoisotopic (exact) mass is 350 g/mol. The number of nitrogens with one attached hydrogen (secondary N) is 1. The highest BCUT2D eigenvalue weighted by Crippen LogP contribution is 2.33. The van der Waals surface area contributed by atoms with Gasteiger partial charge in [-0.15, -0.1) is 10.2 Å². The standard InChI is InChI=1S/C15H13F3N6O/c16-15(17,18)5-10(25)24-4-2-8(6-24)12-11-9-1-3-19-13(9)22-23-14(11)21-7-20-12/h1,3,7-8H,2,4-6H2,(H,19,22). The summed E-state index contributed by atoms with van der Waals surface area (Å²) >= 11 is 0. The number of hydrogen-bond acceptors (Lipinski definition) is 5. The molecule has 0 aliphatic carbocycles. The molecule has 7 nitrogen and oxygen atoms in total. The maximum absolute atomic E-state index is 12.4. The normalized spacial score (nSPS) is 18.4. The topological polar surface area (TPSA) is 87.7 Å². The lowest BCUT2D eigenvalue weighted by Gasteiger charge is -2.17. The van der Waals surface area contributed by atoms with Gasteiger partial charge < -0.3 is 9.88 Å². The van der Waals surface area contributed by atoms with E-state index in [2.05, 4.69) is 25.1 Å². The van der Waals surface area contributed by atoms with Crippen LogP contribution in [0.2, 0.25) is 0 Å². The summed E-state index contributed by atoms with van der Waals surface area (Å²) < 4.78 is 37.3. The molecule has 3 aromatic heterocycles. The smallest absolute Gasteiger partial charge is 0.345 e. The summed E-state index contributed by atoms with van der Waals surface area (Å²) in [6, 6.07) is 1.83. The van der Waals surface area contributed by atoms with E-state index in [1.54, 1.807) is 6.20 Å². The Labute approximate surface area is 139 Å². The third-order valence-electron chi connectivity index (χ3n) is 4.38. The molecule has 1 aliphatic heterocycles. The van der Waals surface area contributed by atoms with Gasteiger partial charge in [-0.2, -0.15) is 13.2 Å². The van der Waals surface area contributed by atoms with Gasteiger partial charge in [0.25, 0.3) is 0 Å². The molecule has 1 aliphatic rings. The molecule has 25 heavy (non-hydrogen) atoms. The van der Waals surface area contributed by atoms with E-state index in [9.17, 15) is 18.0 Å². The first kappa shape index (κ1) is 15.7. The van der Waals surface area contributed by atoms with Crippen LogP contribution in [0.3, 0.4) is 0 Å². The van der Waals surface area contributed by atoms with Gasteiger partial charge in [0.05, 0.1) is 11.1 Å². The Morgan fingerprint density at radius 3 is 2.96 bits per heavy atom. The molecule has 0 saturated carbocycles. The van der Waals surface area contributed by atoms with E-state index in [0.717, 1.165) is 10.8 Å². The fourth-order valence-electron chi connectivity index (χ4n) is 3.27. The molecular formula is C15H13F3N6O. The highest BCUT2D eigenvalue weighted by molar-refractivity contribution is 6.02. The summed E-state index contributed by atoms with van der Waals surface area (Å²) in [5.74, 6) is -1.06. The first-order chi connectivity index (χ1) is 11.9. The molecule has 3 aromatic rings. The van der Waals surface area contributed by atoms with Crippen molar-refractivity contribution in [3.63, 3.8) is 0 Å². The Bertz CT molecular complexity index is 953. The Hall–Kier alpha value is -2.78. The van der Waals surface area contributed by atoms with Crippen LogP contribution in [0.25, 0.3) is 22.1 Å². The Kier molecular flexibility index (Phi) is 3.55. The quantitative estimate of drug-likeness (QED) is 0.765. The molecule has 1 fully saturated rings. The van der Waals surface area contributed by atoms with Crippen molar-refractivity contribution < 1.29 is 18.0 Å². The second-order valence-corrected chi connectivity index (χ2v) is 6.01. The van der Waals surface area contributed by atoms with E-state index < -0.39 is 18.5 Å². The van der Waals surface area contributed by atoms with E-state index in [1.807, 2.05) is 6.07 Å². The van der Waals surface area contributed by atoms with Gasteiger partial charge in [0.1, 0.15) is 12.7 Å². The van der Waals surface area contributed by atoms with Crippen LogP contribution in [-0.2, 0) is 4.79 Å². The summed E-state index contributed by atoms with van der Waals surface area (Å²) in [4.78, 5) is 24.5. The van der Waals surface area contributed by atoms with Crippen LogP contribution in [0.5, 0.6) is 0 Å². The molecule has 4 rings (SSSR count). The number of aromatic amines is 1. The lowest BCUT2D eigenvalue weighted by Crippen LogP contribution is -2.32. The van der Waals surface area contributed by atoms with Crippen molar-refractivity contribution in [2.75, 3.05) is 13.1 Å². The number of fused-ring (bicyclic) bond motifs is 3. The third-order valence-corrected chi connectivity index (χ3v) is 4.38. The van der Waals surface area contributed by atoms with Crippen LogP contribution < -0.4 is 0 Å². The highest BCUT2D eigenvalue weighted by atomic mass is 19.4.